The third-order valence-electron chi connectivity index (χ3n) is 13.5. The van der Waals surface area contributed by atoms with Crippen molar-refractivity contribution in [2.75, 3.05) is 13.2 Å². The fourth-order valence-corrected chi connectivity index (χ4v) is 8.79. The van der Waals surface area contributed by atoms with Crippen LogP contribution in [-0.2, 0) is 28.6 Å². The number of esters is 3. The molecule has 0 radical (unpaired) electrons. The largest absolute Gasteiger partial charge is 0.462 e. The van der Waals surface area contributed by atoms with Crippen LogP contribution in [0, 0.1) is 0 Å². The van der Waals surface area contributed by atoms with Gasteiger partial charge >= 0.3 is 17.9 Å². The lowest BCUT2D eigenvalue weighted by Crippen LogP contribution is -2.30. The van der Waals surface area contributed by atoms with Gasteiger partial charge in [-0.15, -0.1) is 0 Å². The van der Waals surface area contributed by atoms with E-state index in [-0.39, 0.29) is 31.1 Å². The summed E-state index contributed by atoms with van der Waals surface area (Å²) in [5, 5.41) is 0. The van der Waals surface area contributed by atoms with Crippen molar-refractivity contribution in [1.82, 2.24) is 0 Å². The first kappa shape index (κ1) is 71.3. The molecule has 0 fully saturated rings. The molecule has 0 saturated heterocycles. The van der Waals surface area contributed by atoms with Crippen LogP contribution in [0.3, 0.4) is 0 Å². The SMILES string of the molecule is CC/C=C\C/C=C\C/C=C\C/C=C\CCCCCCCCC(=O)OC(COC(=O)CCCCCCC/C=C\CCCCCCCC)COC(=O)CCCCCCCCCC/C=C\C/C=C\C/C=C\CCCCCCC. The Hall–Kier alpha value is -3.67. The maximum atomic E-state index is 12.9. The summed E-state index contributed by atoms with van der Waals surface area (Å²) in [6.45, 7) is 6.51. The zero-order chi connectivity index (χ0) is 54.3. The number of carbonyl (C=O) groups is 3. The van der Waals surface area contributed by atoms with Crippen molar-refractivity contribution in [2.24, 2.45) is 0 Å². The molecule has 0 aliphatic rings. The Kier molecular flexibility index (Phi) is 59.8. The van der Waals surface area contributed by atoms with E-state index in [4.69, 9.17) is 14.2 Å². The lowest BCUT2D eigenvalue weighted by molar-refractivity contribution is -0.167. The summed E-state index contributed by atoms with van der Waals surface area (Å²) in [4.78, 5) is 38.3. The molecule has 0 aliphatic carbocycles. The lowest BCUT2D eigenvalue weighted by Gasteiger charge is -2.18. The van der Waals surface area contributed by atoms with Crippen molar-refractivity contribution < 1.29 is 28.6 Å². The van der Waals surface area contributed by atoms with Gasteiger partial charge in [0.15, 0.2) is 6.10 Å². The third kappa shape index (κ3) is 61.1. The fraction of sp³-hybridized carbons (Fsp3) is 0.725. The highest BCUT2D eigenvalue weighted by Crippen LogP contribution is 2.15. The van der Waals surface area contributed by atoms with Crippen LogP contribution in [0.1, 0.15) is 303 Å². The highest BCUT2D eigenvalue weighted by Gasteiger charge is 2.19. The van der Waals surface area contributed by atoms with Gasteiger partial charge < -0.3 is 14.2 Å². The molecule has 0 aliphatic heterocycles. The molecule has 0 heterocycles. The maximum absolute atomic E-state index is 12.9. The Balaban J connectivity index is 4.41. The molecule has 0 rings (SSSR count). The molecule has 0 aromatic heterocycles. The fourth-order valence-electron chi connectivity index (χ4n) is 8.79. The van der Waals surface area contributed by atoms with Crippen molar-refractivity contribution in [3.63, 3.8) is 0 Å². The Morgan fingerprint density at radius 1 is 0.280 bits per heavy atom. The van der Waals surface area contributed by atoms with E-state index in [1.165, 1.54) is 141 Å². The topological polar surface area (TPSA) is 78.9 Å². The van der Waals surface area contributed by atoms with Gasteiger partial charge in [0.2, 0.25) is 0 Å². The average molecular weight is 1040 g/mol. The second-order valence-electron chi connectivity index (χ2n) is 20.9. The molecule has 1 atom stereocenters. The van der Waals surface area contributed by atoms with Crippen molar-refractivity contribution in [3.8, 4) is 0 Å². The van der Waals surface area contributed by atoms with Crippen LogP contribution < -0.4 is 0 Å². The lowest BCUT2D eigenvalue weighted by atomic mass is 10.1. The molecule has 0 N–H and O–H groups in total. The van der Waals surface area contributed by atoms with E-state index in [0.717, 1.165) is 122 Å². The van der Waals surface area contributed by atoms with Gasteiger partial charge in [-0.3, -0.25) is 14.4 Å². The molecule has 75 heavy (non-hydrogen) atoms. The summed E-state index contributed by atoms with van der Waals surface area (Å²) < 4.78 is 16.9. The summed E-state index contributed by atoms with van der Waals surface area (Å²) in [5.74, 6) is -0.910. The Morgan fingerprint density at radius 2 is 0.520 bits per heavy atom. The smallest absolute Gasteiger partial charge is 0.306 e. The predicted octanol–water partition coefficient (Wildman–Crippen LogP) is 21.7. The van der Waals surface area contributed by atoms with Crippen LogP contribution in [0.5, 0.6) is 0 Å². The first-order chi connectivity index (χ1) is 37.0. The number of rotatable bonds is 57. The third-order valence-corrected chi connectivity index (χ3v) is 13.5. The molecule has 0 bridgehead atoms. The molecule has 0 aromatic carbocycles. The van der Waals surface area contributed by atoms with E-state index in [2.05, 4.69) is 118 Å². The van der Waals surface area contributed by atoms with Crippen LogP contribution in [0.25, 0.3) is 0 Å². The van der Waals surface area contributed by atoms with Crippen molar-refractivity contribution in [2.45, 2.75) is 309 Å². The molecule has 430 valence electrons. The quantitative estimate of drug-likeness (QED) is 0.0261. The van der Waals surface area contributed by atoms with E-state index in [0.29, 0.717) is 19.3 Å². The maximum Gasteiger partial charge on any atom is 0.306 e. The van der Waals surface area contributed by atoms with Gasteiger partial charge in [0.25, 0.3) is 0 Å². The number of hydrogen-bond donors (Lipinski definition) is 0. The molecule has 6 heteroatoms. The predicted molar refractivity (Wildman–Crippen MR) is 325 cm³/mol. The Labute approximate surface area is 464 Å². The highest BCUT2D eigenvalue weighted by molar-refractivity contribution is 5.71. The second kappa shape index (κ2) is 62.9. The van der Waals surface area contributed by atoms with E-state index in [1.807, 2.05) is 0 Å². The van der Waals surface area contributed by atoms with E-state index < -0.39 is 6.10 Å². The molecule has 0 spiro atoms. The van der Waals surface area contributed by atoms with Gasteiger partial charge in [0, 0.05) is 19.3 Å². The minimum atomic E-state index is -0.794. The van der Waals surface area contributed by atoms with Gasteiger partial charge in [0.05, 0.1) is 0 Å². The van der Waals surface area contributed by atoms with Gasteiger partial charge in [-0.05, 0) is 122 Å². The number of allylic oxidation sites excluding steroid dienone is 16. The minimum Gasteiger partial charge on any atom is -0.462 e. The van der Waals surface area contributed by atoms with E-state index in [9.17, 15) is 14.4 Å². The summed E-state index contributed by atoms with van der Waals surface area (Å²) in [7, 11) is 0. The summed E-state index contributed by atoms with van der Waals surface area (Å²) in [6, 6.07) is 0. The van der Waals surface area contributed by atoms with Gasteiger partial charge in [-0.25, -0.2) is 0 Å². The first-order valence-electron chi connectivity index (χ1n) is 31.7. The van der Waals surface area contributed by atoms with Crippen LogP contribution in [0.2, 0.25) is 0 Å². The van der Waals surface area contributed by atoms with Crippen molar-refractivity contribution >= 4 is 17.9 Å². The zero-order valence-corrected chi connectivity index (χ0v) is 49.3. The average Bonchev–Trinajstić information content (AvgIpc) is 3.41. The molecule has 6 nitrogen and oxygen atoms in total. The molecular formula is C69H118O6. The second-order valence-corrected chi connectivity index (χ2v) is 20.9. The standard InChI is InChI=1S/C69H118O6/c1-4-7-10-13-16-19-22-25-28-30-32-33-34-35-37-38-41-44-47-50-53-56-59-62-68(71)74-65-66(64-73-67(70)61-58-55-52-49-46-43-40-27-24-21-18-15-12-9-6-3)75-69(72)63-60-57-54-51-48-45-42-39-36-31-29-26-23-20-17-14-11-8-5-2/h8,11,17,20,22,25-27,29-30,32,34-36,39-40,66H,4-7,9-10,12-16,18-19,21,23-24,28,31,33,37-38,41-65H2,1-3H3/b11-8-,20-17-,25-22-,29-26-,32-30-,35-34-,39-36-,40-27-. The zero-order valence-electron chi connectivity index (χ0n) is 49.3. The monoisotopic (exact) mass is 1040 g/mol. The van der Waals surface area contributed by atoms with Crippen molar-refractivity contribution in [1.29, 1.82) is 0 Å². The summed E-state index contributed by atoms with van der Waals surface area (Å²) in [6.07, 6.45) is 84.0. The van der Waals surface area contributed by atoms with Gasteiger partial charge in [-0.1, -0.05) is 259 Å². The molecule has 0 saturated carbocycles. The molecule has 0 amide bonds. The first-order valence-corrected chi connectivity index (χ1v) is 31.7. The molecular weight excluding hydrogens is 925 g/mol. The number of hydrogen-bond acceptors (Lipinski definition) is 6. The van der Waals surface area contributed by atoms with Crippen LogP contribution in [0.15, 0.2) is 97.2 Å². The Bertz CT molecular complexity index is 1480. The molecule has 1 unspecified atom stereocenters. The minimum absolute atomic E-state index is 0.0899. The number of unbranched alkanes of at least 4 members (excludes halogenated alkanes) is 30. The van der Waals surface area contributed by atoms with Crippen LogP contribution >= 0.6 is 0 Å². The van der Waals surface area contributed by atoms with E-state index >= 15 is 0 Å². The highest BCUT2D eigenvalue weighted by atomic mass is 16.6. The number of carbonyl (C=O) groups excluding carboxylic acids is 3. The van der Waals surface area contributed by atoms with Crippen LogP contribution in [-0.4, -0.2) is 37.2 Å². The normalized spacial score (nSPS) is 12.7. The van der Waals surface area contributed by atoms with Gasteiger partial charge in [0.1, 0.15) is 13.2 Å². The van der Waals surface area contributed by atoms with Crippen molar-refractivity contribution in [3.05, 3.63) is 97.2 Å². The van der Waals surface area contributed by atoms with Crippen LogP contribution in [0.4, 0.5) is 0 Å². The Morgan fingerprint density at radius 3 is 0.827 bits per heavy atom. The summed E-state index contributed by atoms with van der Waals surface area (Å²) >= 11 is 0. The number of ether oxygens (including phenoxy) is 3. The van der Waals surface area contributed by atoms with E-state index in [1.54, 1.807) is 0 Å². The summed E-state index contributed by atoms with van der Waals surface area (Å²) in [5.41, 5.74) is 0. The molecule has 0 aromatic rings. The van der Waals surface area contributed by atoms with Gasteiger partial charge in [-0.2, -0.15) is 0 Å².